The summed E-state index contributed by atoms with van der Waals surface area (Å²) in [5.74, 6) is -0.502. The summed E-state index contributed by atoms with van der Waals surface area (Å²) in [5.41, 5.74) is 6.43. The van der Waals surface area contributed by atoms with Crippen molar-refractivity contribution in [1.29, 1.82) is 0 Å². The molecule has 1 atom stereocenters. The molecule has 0 fully saturated rings. The van der Waals surface area contributed by atoms with Crippen LogP contribution in [-0.4, -0.2) is 23.0 Å². The number of allylic oxidation sites excluding steroid dienone is 3. The second-order valence-electron chi connectivity index (χ2n) is 6.71. The van der Waals surface area contributed by atoms with Gasteiger partial charge in [0.05, 0.1) is 18.4 Å². The van der Waals surface area contributed by atoms with E-state index in [0.29, 0.717) is 5.57 Å². The molecule has 0 amide bonds. The number of esters is 1. The predicted octanol–water partition coefficient (Wildman–Crippen LogP) is 4.27. The Morgan fingerprint density at radius 3 is 2.70 bits per heavy atom. The number of carbonyl (C=O) groups is 1. The monoisotopic (exact) mass is 359 g/mol. The van der Waals surface area contributed by atoms with E-state index in [1.165, 1.54) is 7.11 Å². The van der Waals surface area contributed by atoms with Crippen molar-refractivity contribution in [2.75, 3.05) is 7.11 Å². The smallest absolute Gasteiger partial charge is 0.336 e. The molecule has 0 aliphatic carbocycles. The summed E-state index contributed by atoms with van der Waals surface area (Å²) in [6, 6.07) is 12.2. The Morgan fingerprint density at radius 1 is 1.15 bits per heavy atom. The third kappa shape index (κ3) is 3.01. The van der Waals surface area contributed by atoms with Gasteiger partial charge in [0, 0.05) is 46.2 Å². The maximum Gasteiger partial charge on any atom is 0.336 e. The van der Waals surface area contributed by atoms with Crippen molar-refractivity contribution in [3.8, 4) is 11.3 Å². The summed E-state index contributed by atoms with van der Waals surface area (Å²) < 4.78 is 4.99. The van der Waals surface area contributed by atoms with Crippen LogP contribution in [0.3, 0.4) is 0 Å². The zero-order valence-corrected chi connectivity index (χ0v) is 15.5. The van der Waals surface area contributed by atoms with Crippen molar-refractivity contribution in [2.45, 2.75) is 19.8 Å². The number of nitrogens with zero attached hydrogens (tertiary/aromatic N) is 1. The lowest BCUT2D eigenvalue weighted by atomic mass is 9.87. The molecule has 0 spiro atoms. The van der Waals surface area contributed by atoms with Crippen LogP contribution in [0.4, 0.5) is 0 Å². The molecular formula is C22H21N3O2. The van der Waals surface area contributed by atoms with Crippen LogP contribution in [-0.2, 0) is 9.53 Å². The minimum Gasteiger partial charge on any atom is -0.466 e. The number of H-pyrrole nitrogens is 1. The molecule has 0 saturated carbocycles. The van der Waals surface area contributed by atoms with Crippen molar-refractivity contribution in [3.63, 3.8) is 0 Å². The molecular weight excluding hydrogens is 338 g/mol. The van der Waals surface area contributed by atoms with E-state index in [0.717, 1.165) is 39.1 Å². The zero-order chi connectivity index (χ0) is 19.0. The van der Waals surface area contributed by atoms with Crippen LogP contribution in [0.2, 0.25) is 0 Å². The van der Waals surface area contributed by atoms with Crippen LogP contribution >= 0.6 is 0 Å². The Kier molecular flexibility index (Phi) is 4.28. The topological polar surface area (TPSA) is 67.0 Å². The molecule has 0 saturated heterocycles. The maximum absolute atomic E-state index is 12.3. The highest BCUT2D eigenvalue weighted by Crippen LogP contribution is 2.34. The van der Waals surface area contributed by atoms with Crippen LogP contribution in [0, 0.1) is 0 Å². The number of rotatable bonds is 3. The first-order valence-electron chi connectivity index (χ1n) is 8.85. The fourth-order valence-electron chi connectivity index (χ4n) is 3.66. The SMILES string of the molecule is COC(=O)C1=C(C)NC(C)=CC1c1ccc(-c2c[nH]c3ccccc23)nc1. The minimum absolute atomic E-state index is 0.178. The molecule has 3 aromatic rings. The summed E-state index contributed by atoms with van der Waals surface area (Å²) in [7, 11) is 1.41. The Morgan fingerprint density at radius 2 is 1.96 bits per heavy atom. The number of para-hydroxylation sites is 1. The van der Waals surface area contributed by atoms with E-state index in [9.17, 15) is 4.79 Å². The number of aromatic amines is 1. The lowest BCUT2D eigenvalue weighted by Gasteiger charge is -2.25. The van der Waals surface area contributed by atoms with Gasteiger partial charge in [0.25, 0.3) is 0 Å². The van der Waals surface area contributed by atoms with Gasteiger partial charge >= 0.3 is 5.97 Å². The standard InChI is InChI=1S/C22H21N3O2/c1-13-10-17(21(14(2)25-13)22(26)27-3)15-8-9-20(23-11-15)18-12-24-19-7-5-4-6-16(18)19/h4-12,17,24-25H,1-3H3. The number of hydrogen-bond acceptors (Lipinski definition) is 4. The van der Waals surface area contributed by atoms with E-state index in [1.807, 2.05) is 62.6 Å². The van der Waals surface area contributed by atoms with Gasteiger partial charge in [0.1, 0.15) is 0 Å². The normalized spacial score (nSPS) is 16.9. The first-order chi connectivity index (χ1) is 13.1. The molecule has 5 nitrogen and oxygen atoms in total. The van der Waals surface area contributed by atoms with Crippen molar-refractivity contribution in [1.82, 2.24) is 15.3 Å². The maximum atomic E-state index is 12.3. The minimum atomic E-state index is -0.325. The number of fused-ring (bicyclic) bond motifs is 1. The number of ether oxygens (including phenoxy) is 1. The third-order valence-corrected chi connectivity index (χ3v) is 4.93. The van der Waals surface area contributed by atoms with Crippen LogP contribution in [0.25, 0.3) is 22.2 Å². The number of aromatic nitrogens is 2. The van der Waals surface area contributed by atoms with E-state index >= 15 is 0 Å². The Bertz CT molecular complexity index is 1070. The summed E-state index contributed by atoms with van der Waals surface area (Å²) >= 11 is 0. The van der Waals surface area contributed by atoms with E-state index in [2.05, 4.69) is 21.4 Å². The van der Waals surface area contributed by atoms with Crippen LogP contribution < -0.4 is 5.32 Å². The van der Waals surface area contributed by atoms with Crippen molar-refractivity contribution in [3.05, 3.63) is 77.4 Å². The van der Waals surface area contributed by atoms with Crippen molar-refractivity contribution in [2.24, 2.45) is 0 Å². The highest BCUT2D eigenvalue weighted by Gasteiger charge is 2.28. The molecule has 0 radical (unpaired) electrons. The Labute approximate surface area is 157 Å². The lowest BCUT2D eigenvalue weighted by molar-refractivity contribution is -0.136. The quantitative estimate of drug-likeness (QED) is 0.686. The van der Waals surface area contributed by atoms with Gasteiger partial charge in [-0.25, -0.2) is 4.79 Å². The number of pyridine rings is 1. The molecule has 1 aliphatic heterocycles. The summed E-state index contributed by atoms with van der Waals surface area (Å²) in [5, 5.41) is 4.35. The zero-order valence-electron chi connectivity index (χ0n) is 15.5. The third-order valence-electron chi connectivity index (χ3n) is 4.93. The highest BCUT2D eigenvalue weighted by molar-refractivity contribution is 5.94. The van der Waals surface area contributed by atoms with Crippen LogP contribution in [0.5, 0.6) is 0 Å². The molecule has 27 heavy (non-hydrogen) atoms. The summed E-state index contributed by atoms with van der Waals surface area (Å²) in [6.07, 6.45) is 5.85. The average Bonchev–Trinajstić information content (AvgIpc) is 3.11. The van der Waals surface area contributed by atoms with Gasteiger partial charge in [-0.1, -0.05) is 30.3 Å². The first-order valence-corrected chi connectivity index (χ1v) is 8.85. The molecule has 2 aromatic heterocycles. The van der Waals surface area contributed by atoms with Gasteiger partial charge in [0.15, 0.2) is 0 Å². The highest BCUT2D eigenvalue weighted by atomic mass is 16.5. The van der Waals surface area contributed by atoms with Crippen molar-refractivity contribution < 1.29 is 9.53 Å². The van der Waals surface area contributed by atoms with Gasteiger partial charge in [-0.2, -0.15) is 0 Å². The van der Waals surface area contributed by atoms with Gasteiger partial charge in [-0.05, 0) is 31.5 Å². The molecule has 4 rings (SSSR count). The number of nitrogens with one attached hydrogen (secondary N) is 2. The molecule has 0 bridgehead atoms. The largest absolute Gasteiger partial charge is 0.466 e. The number of hydrogen-bond donors (Lipinski definition) is 2. The molecule has 1 aliphatic rings. The summed E-state index contributed by atoms with van der Waals surface area (Å²) in [6.45, 7) is 3.88. The second kappa shape index (κ2) is 6.76. The number of dihydropyridines is 1. The number of carbonyl (C=O) groups excluding carboxylic acids is 1. The van der Waals surface area contributed by atoms with Gasteiger partial charge < -0.3 is 15.0 Å². The van der Waals surface area contributed by atoms with Gasteiger partial charge in [-0.3, -0.25) is 4.98 Å². The lowest BCUT2D eigenvalue weighted by Crippen LogP contribution is -2.25. The average molecular weight is 359 g/mol. The molecule has 5 heteroatoms. The van der Waals surface area contributed by atoms with Crippen LogP contribution in [0.1, 0.15) is 25.3 Å². The molecule has 1 unspecified atom stereocenters. The second-order valence-corrected chi connectivity index (χ2v) is 6.71. The van der Waals surface area contributed by atoms with Gasteiger partial charge in [-0.15, -0.1) is 0 Å². The van der Waals surface area contributed by atoms with E-state index in [1.54, 1.807) is 0 Å². The predicted molar refractivity (Wildman–Crippen MR) is 106 cm³/mol. The summed E-state index contributed by atoms with van der Waals surface area (Å²) in [4.78, 5) is 20.2. The van der Waals surface area contributed by atoms with Crippen LogP contribution in [0.15, 0.2) is 71.8 Å². The number of benzene rings is 1. The van der Waals surface area contributed by atoms with E-state index < -0.39 is 0 Å². The van der Waals surface area contributed by atoms with Gasteiger partial charge in [0.2, 0.25) is 0 Å². The first kappa shape index (κ1) is 17.1. The van der Waals surface area contributed by atoms with E-state index in [4.69, 9.17) is 4.74 Å². The fourth-order valence-corrected chi connectivity index (χ4v) is 3.66. The fraction of sp³-hybridized carbons (Fsp3) is 0.182. The Hall–Kier alpha value is -3.34. The molecule has 3 heterocycles. The molecule has 136 valence electrons. The van der Waals surface area contributed by atoms with E-state index in [-0.39, 0.29) is 11.9 Å². The van der Waals surface area contributed by atoms with Crippen molar-refractivity contribution >= 4 is 16.9 Å². The molecule has 1 aromatic carbocycles. The Balaban J connectivity index is 1.73. The number of methoxy groups -OCH3 is 1. The molecule has 2 N–H and O–H groups in total.